The second-order valence-corrected chi connectivity index (χ2v) is 7.95. The van der Waals surface area contributed by atoms with Crippen LogP contribution in [0.15, 0.2) is 6.20 Å². The molecule has 0 spiro atoms. The van der Waals surface area contributed by atoms with E-state index >= 15 is 0 Å². The van der Waals surface area contributed by atoms with Gasteiger partial charge in [-0.05, 0) is 42.9 Å². The molecule has 4 rings (SSSR count). The standard InChI is InChI=1S/C17H25N5O2/c1-17(2)11-7-10(8-12(11)17)18-16(24)21-20-15(23)13-9-22-6-4-3-5-14(22)19-13/h9-12H,3-8H2,1-2H3,(H,20,23)(H2,18,21,24)/t10?,11-,12+. The Labute approximate surface area is 141 Å². The summed E-state index contributed by atoms with van der Waals surface area (Å²) < 4.78 is 2.02. The van der Waals surface area contributed by atoms with Gasteiger partial charge in [-0.1, -0.05) is 13.8 Å². The van der Waals surface area contributed by atoms with Gasteiger partial charge in [-0.2, -0.15) is 0 Å². The number of hydrogen-bond donors (Lipinski definition) is 3. The molecule has 0 bridgehead atoms. The van der Waals surface area contributed by atoms with Gasteiger partial charge in [0.25, 0.3) is 5.91 Å². The number of urea groups is 1. The molecule has 2 aliphatic carbocycles. The molecule has 0 radical (unpaired) electrons. The Balaban J connectivity index is 1.24. The van der Waals surface area contributed by atoms with Crippen LogP contribution in [0, 0.1) is 17.3 Å². The third-order valence-electron chi connectivity index (χ3n) is 6.13. The van der Waals surface area contributed by atoms with E-state index in [1.807, 2.05) is 4.57 Å². The van der Waals surface area contributed by atoms with Crippen molar-refractivity contribution < 1.29 is 9.59 Å². The molecule has 3 atom stereocenters. The molecule has 1 aromatic rings. The van der Waals surface area contributed by atoms with Crippen molar-refractivity contribution in [3.63, 3.8) is 0 Å². The molecule has 2 fully saturated rings. The number of hydrazine groups is 1. The van der Waals surface area contributed by atoms with Crippen molar-refractivity contribution in [1.29, 1.82) is 0 Å². The summed E-state index contributed by atoms with van der Waals surface area (Å²) in [6, 6.07) is -0.138. The zero-order chi connectivity index (χ0) is 16.9. The number of rotatable bonds is 2. The highest BCUT2D eigenvalue weighted by molar-refractivity contribution is 5.93. The van der Waals surface area contributed by atoms with Crippen LogP contribution in [0.4, 0.5) is 4.79 Å². The molecular formula is C17H25N5O2. The smallest absolute Gasteiger partial charge is 0.333 e. The summed E-state index contributed by atoms with van der Waals surface area (Å²) in [7, 11) is 0. The molecule has 3 N–H and O–H groups in total. The monoisotopic (exact) mass is 331 g/mol. The number of nitrogens with zero attached hydrogens (tertiary/aromatic N) is 2. The summed E-state index contributed by atoms with van der Waals surface area (Å²) in [6.07, 6.45) is 6.96. The molecule has 1 unspecified atom stereocenters. The molecule has 2 saturated carbocycles. The van der Waals surface area contributed by atoms with E-state index < -0.39 is 0 Å². The minimum atomic E-state index is -0.373. The second-order valence-electron chi connectivity index (χ2n) is 7.95. The van der Waals surface area contributed by atoms with Gasteiger partial charge in [-0.15, -0.1) is 0 Å². The highest BCUT2D eigenvalue weighted by Crippen LogP contribution is 2.66. The number of fused-ring (bicyclic) bond motifs is 2. The second kappa shape index (κ2) is 5.50. The van der Waals surface area contributed by atoms with E-state index in [4.69, 9.17) is 0 Å². The van der Waals surface area contributed by atoms with Crippen LogP contribution >= 0.6 is 0 Å². The van der Waals surface area contributed by atoms with Crippen molar-refractivity contribution in [2.45, 2.75) is 58.5 Å². The van der Waals surface area contributed by atoms with Gasteiger partial charge < -0.3 is 9.88 Å². The van der Waals surface area contributed by atoms with E-state index in [-0.39, 0.29) is 18.0 Å². The molecule has 7 nitrogen and oxygen atoms in total. The third kappa shape index (κ3) is 2.65. The first-order valence-corrected chi connectivity index (χ1v) is 8.88. The zero-order valence-electron chi connectivity index (χ0n) is 14.3. The summed E-state index contributed by atoms with van der Waals surface area (Å²) in [5, 5.41) is 2.94. The summed E-state index contributed by atoms with van der Waals surface area (Å²) in [6.45, 7) is 5.50. The number of carbonyl (C=O) groups is 2. The van der Waals surface area contributed by atoms with E-state index in [1.165, 1.54) is 0 Å². The van der Waals surface area contributed by atoms with E-state index in [0.717, 1.165) is 56.3 Å². The van der Waals surface area contributed by atoms with E-state index in [0.29, 0.717) is 11.1 Å². The van der Waals surface area contributed by atoms with E-state index in [9.17, 15) is 9.59 Å². The van der Waals surface area contributed by atoms with Gasteiger partial charge >= 0.3 is 6.03 Å². The van der Waals surface area contributed by atoms with Crippen LogP contribution < -0.4 is 16.2 Å². The van der Waals surface area contributed by atoms with Crippen LogP contribution in [0.25, 0.3) is 0 Å². The molecule has 0 aromatic carbocycles. The Morgan fingerprint density at radius 3 is 2.67 bits per heavy atom. The maximum Gasteiger partial charge on any atom is 0.333 e. The first-order valence-electron chi connectivity index (χ1n) is 8.88. The zero-order valence-corrected chi connectivity index (χ0v) is 14.3. The van der Waals surface area contributed by atoms with Gasteiger partial charge in [-0.25, -0.2) is 15.2 Å². The lowest BCUT2D eigenvalue weighted by Gasteiger charge is -2.18. The predicted octanol–water partition coefficient (Wildman–Crippen LogP) is 1.60. The fourth-order valence-corrected chi connectivity index (χ4v) is 4.54. The number of aromatic nitrogens is 2. The summed E-state index contributed by atoms with van der Waals surface area (Å²) in [5.41, 5.74) is 5.69. The Kier molecular flexibility index (Phi) is 3.54. The first-order chi connectivity index (χ1) is 11.4. The van der Waals surface area contributed by atoms with Crippen molar-refractivity contribution >= 4 is 11.9 Å². The highest BCUT2D eigenvalue weighted by atomic mass is 16.2. The fraction of sp³-hybridized carbons (Fsp3) is 0.706. The Bertz CT molecular complexity index is 643. The van der Waals surface area contributed by atoms with Crippen molar-refractivity contribution in [2.75, 3.05) is 0 Å². The number of imidazole rings is 1. The van der Waals surface area contributed by atoms with Gasteiger partial charge in [0.2, 0.25) is 0 Å². The lowest BCUT2D eigenvalue weighted by Crippen LogP contribution is -2.49. The van der Waals surface area contributed by atoms with Crippen molar-refractivity contribution in [2.24, 2.45) is 17.3 Å². The average Bonchev–Trinajstić information content (AvgIpc) is 2.99. The molecule has 0 saturated heterocycles. The van der Waals surface area contributed by atoms with Crippen LogP contribution in [0.5, 0.6) is 0 Å². The first kappa shape index (κ1) is 15.5. The van der Waals surface area contributed by atoms with Crippen LogP contribution in [0.1, 0.15) is 55.8 Å². The van der Waals surface area contributed by atoms with Crippen molar-refractivity contribution in [3.8, 4) is 0 Å². The maximum atomic E-state index is 12.1. The molecule has 1 aliphatic heterocycles. The van der Waals surface area contributed by atoms with Crippen molar-refractivity contribution in [3.05, 3.63) is 17.7 Å². The normalized spacial score (nSPS) is 29.3. The Morgan fingerprint density at radius 1 is 1.21 bits per heavy atom. The Hall–Kier alpha value is -2.05. The molecule has 1 aromatic heterocycles. The molecule has 24 heavy (non-hydrogen) atoms. The van der Waals surface area contributed by atoms with Gasteiger partial charge in [0.1, 0.15) is 11.5 Å². The summed E-state index contributed by atoms with van der Waals surface area (Å²) >= 11 is 0. The van der Waals surface area contributed by atoms with E-state index in [1.54, 1.807) is 6.20 Å². The van der Waals surface area contributed by atoms with Gasteiger partial charge in [0.05, 0.1) is 0 Å². The van der Waals surface area contributed by atoms with Gasteiger partial charge in [0.15, 0.2) is 0 Å². The van der Waals surface area contributed by atoms with Crippen LogP contribution in [-0.4, -0.2) is 27.5 Å². The fourth-order valence-electron chi connectivity index (χ4n) is 4.54. The minimum absolute atomic E-state index is 0.213. The predicted molar refractivity (Wildman–Crippen MR) is 88.1 cm³/mol. The van der Waals surface area contributed by atoms with Crippen LogP contribution in [0.3, 0.4) is 0 Å². The van der Waals surface area contributed by atoms with Crippen LogP contribution in [-0.2, 0) is 13.0 Å². The number of hydrogen-bond acceptors (Lipinski definition) is 3. The number of carbonyl (C=O) groups excluding carboxylic acids is 2. The third-order valence-corrected chi connectivity index (χ3v) is 6.13. The molecule has 7 heteroatoms. The maximum absolute atomic E-state index is 12.1. The SMILES string of the molecule is CC1(C)[C@@H]2CC(NC(=O)NNC(=O)c3cn4c(n3)CCCC4)C[C@@H]21. The lowest BCUT2D eigenvalue weighted by atomic mass is 9.98. The van der Waals surface area contributed by atoms with Crippen LogP contribution in [0.2, 0.25) is 0 Å². The average molecular weight is 331 g/mol. The number of amides is 3. The summed E-state index contributed by atoms with van der Waals surface area (Å²) in [4.78, 5) is 28.4. The molecule has 2 heterocycles. The van der Waals surface area contributed by atoms with Gasteiger partial charge in [0, 0.05) is 25.2 Å². The number of aryl methyl sites for hydroxylation is 2. The van der Waals surface area contributed by atoms with E-state index in [2.05, 4.69) is 35.0 Å². The van der Waals surface area contributed by atoms with Crippen molar-refractivity contribution in [1.82, 2.24) is 25.7 Å². The molecule has 130 valence electrons. The topological polar surface area (TPSA) is 88.0 Å². The Morgan fingerprint density at radius 2 is 1.96 bits per heavy atom. The molecular weight excluding hydrogens is 306 g/mol. The lowest BCUT2D eigenvalue weighted by molar-refractivity contribution is 0.0931. The van der Waals surface area contributed by atoms with Gasteiger partial charge in [-0.3, -0.25) is 10.2 Å². The highest BCUT2D eigenvalue weighted by Gasteiger charge is 2.62. The number of nitrogens with one attached hydrogen (secondary N) is 3. The minimum Gasteiger partial charge on any atom is -0.334 e. The largest absolute Gasteiger partial charge is 0.334 e. The summed E-state index contributed by atoms with van der Waals surface area (Å²) in [5.74, 6) is 2.04. The molecule has 3 amide bonds. The molecule has 3 aliphatic rings. The quantitative estimate of drug-likeness (QED) is 0.719.